The number of aromatic amines is 1. The maximum Gasteiger partial charge on any atom is 0.475 e. The molecule has 0 saturated carbocycles. The average molecular weight is 519 g/mol. The molecular weight excluding hydrogens is 494 g/mol. The fourth-order valence-electron chi connectivity index (χ4n) is 4.08. The zero-order valence-corrected chi connectivity index (χ0v) is 20.2. The lowest BCUT2D eigenvalue weighted by Crippen LogP contribution is -2.45. The molecule has 2 aromatic rings. The number of nitrogens with zero attached hydrogens (tertiary/aromatic N) is 1. The fraction of sp³-hybridized carbons (Fsp3) is 0.524. The van der Waals surface area contributed by atoms with E-state index in [2.05, 4.69) is 4.98 Å². The maximum atomic E-state index is 15.8. The lowest BCUT2D eigenvalue weighted by atomic mass is 9.98. The molecule has 0 radical (unpaired) electrons. The van der Waals surface area contributed by atoms with Gasteiger partial charge in [0.15, 0.2) is 11.9 Å². The van der Waals surface area contributed by atoms with Gasteiger partial charge in [-0.1, -0.05) is 23.7 Å². The van der Waals surface area contributed by atoms with Gasteiger partial charge in [0.25, 0.3) is 5.56 Å². The largest absolute Gasteiger partial charge is 0.475 e. The first-order valence-corrected chi connectivity index (χ1v) is 12.6. The van der Waals surface area contributed by atoms with Crippen molar-refractivity contribution in [2.45, 2.75) is 50.5 Å². The van der Waals surface area contributed by atoms with Crippen LogP contribution in [0.15, 0.2) is 46.1 Å². The molecular formula is C21H25ClFN2O8P. The second kappa shape index (κ2) is 10.0. The summed E-state index contributed by atoms with van der Waals surface area (Å²) in [5, 5.41) is 0.507. The number of hydrogen-bond donors (Lipinski definition) is 1. The molecule has 0 amide bonds. The van der Waals surface area contributed by atoms with Gasteiger partial charge in [-0.15, -0.1) is 0 Å². The van der Waals surface area contributed by atoms with E-state index in [1.807, 2.05) is 0 Å². The van der Waals surface area contributed by atoms with Gasteiger partial charge in [0.1, 0.15) is 12.2 Å². The lowest BCUT2D eigenvalue weighted by Gasteiger charge is -2.30. The Labute approximate surface area is 199 Å². The first kappa shape index (κ1) is 25.2. The van der Waals surface area contributed by atoms with Gasteiger partial charge >= 0.3 is 13.5 Å². The van der Waals surface area contributed by atoms with Crippen LogP contribution in [0, 0.1) is 0 Å². The van der Waals surface area contributed by atoms with Gasteiger partial charge in [0, 0.05) is 30.3 Å². The third-order valence-electron chi connectivity index (χ3n) is 5.63. The molecule has 34 heavy (non-hydrogen) atoms. The highest BCUT2D eigenvalue weighted by Crippen LogP contribution is 2.57. The van der Waals surface area contributed by atoms with Crippen LogP contribution in [0.3, 0.4) is 0 Å². The van der Waals surface area contributed by atoms with Crippen LogP contribution in [0.4, 0.5) is 4.39 Å². The normalized spacial score (nSPS) is 33.8. The van der Waals surface area contributed by atoms with Crippen molar-refractivity contribution in [1.82, 2.24) is 9.55 Å². The van der Waals surface area contributed by atoms with Crippen molar-refractivity contribution in [2.24, 2.45) is 0 Å². The molecule has 186 valence electrons. The topological polar surface area (TPSA) is 118 Å². The van der Waals surface area contributed by atoms with Crippen LogP contribution >= 0.6 is 19.4 Å². The summed E-state index contributed by atoms with van der Waals surface area (Å²) in [7, 11) is -4.01. The third kappa shape index (κ3) is 5.21. The van der Waals surface area contributed by atoms with Gasteiger partial charge in [0.2, 0.25) is 0 Å². The number of benzene rings is 1. The lowest BCUT2D eigenvalue weighted by molar-refractivity contribution is -0.0674. The zero-order valence-electron chi connectivity index (χ0n) is 18.5. The summed E-state index contributed by atoms with van der Waals surface area (Å²) in [6, 6.07) is 8.04. The van der Waals surface area contributed by atoms with E-state index in [-0.39, 0.29) is 13.2 Å². The van der Waals surface area contributed by atoms with E-state index >= 15 is 4.39 Å². The Kier molecular flexibility index (Phi) is 7.44. The summed E-state index contributed by atoms with van der Waals surface area (Å²) >= 11 is 6.04. The van der Waals surface area contributed by atoms with Crippen LogP contribution in [-0.2, 0) is 27.6 Å². The van der Waals surface area contributed by atoms with Crippen LogP contribution in [0.5, 0.6) is 0 Å². The predicted molar refractivity (Wildman–Crippen MR) is 120 cm³/mol. The van der Waals surface area contributed by atoms with E-state index in [1.165, 1.54) is 6.92 Å². The molecule has 2 aliphatic heterocycles. The van der Waals surface area contributed by atoms with Crippen molar-refractivity contribution in [1.29, 1.82) is 0 Å². The number of nitrogens with one attached hydrogen (secondary N) is 1. The van der Waals surface area contributed by atoms with Gasteiger partial charge in [-0.05, 0) is 31.5 Å². The molecule has 10 nitrogen and oxygen atoms in total. The summed E-state index contributed by atoms with van der Waals surface area (Å²) < 4.78 is 57.7. The summed E-state index contributed by atoms with van der Waals surface area (Å²) in [5.41, 5.74) is -2.93. The average Bonchev–Trinajstić information content (AvgIpc) is 3.03. The molecule has 1 aromatic heterocycles. The minimum Gasteiger partial charge on any atom is -0.372 e. The van der Waals surface area contributed by atoms with E-state index < -0.39 is 55.9 Å². The van der Waals surface area contributed by atoms with E-state index in [9.17, 15) is 14.2 Å². The first-order chi connectivity index (χ1) is 16.1. The molecule has 0 bridgehead atoms. The van der Waals surface area contributed by atoms with Gasteiger partial charge in [-0.3, -0.25) is 27.9 Å². The fourth-order valence-corrected chi connectivity index (χ4v) is 5.67. The SMILES string of the molecule is CCO[C@@H]1[C@@H](COP2(=O)OCCC(c3cccc(Cl)c3)O2)O[C@@H](n2ccc(=O)[nH]c2=O)[C@]1(C)F. The minimum atomic E-state index is -4.01. The van der Waals surface area contributed by atoms with Crippen molar-refractivity contribution in [3.05, 3.63) is 68.0 Å². The number of hydrogen-bond acceptors (Lipinski definition) is 8. The van der Waals surface area contributed by atoms with Crippen LogP contribution in [0.2, 0.25) is 5.02 Å². The van der Waals surface area contributed by atoms with Gasteiger partial charge in [-0.2, -0.15) is 0 Å². The molecule has 4 rings (SSSR count). The van der Waals surface area contributed by atoms with Crippen LogP contribution < -0.4 is 11.2 Å². The first-order valence-electron chi connectivity index (χ1n) is 10.7. The Bertz CT molecular complexity index is 1190. The molecule has 0 aliphatic carbocycles. The zero-order chi connectivity index (χ0) is 24.5. The van der Waals surface area contributed by atoms with Crippen LogP contribution in [0.1, 0.15) is 38.2 Å². The number of halogens is 2. The second-order valence-electron chi connectivity index (χ2n) is 8.09. The van der Waals surface area contributed by atoms with E-state index in [4.69, 9.17) is 34.6 Å². The Balaban J connectivity index is 1.51. The highest BCUT2D eigenvalue weighted by molar-refractivity contribution is 7.48. The summed E-state index contributed by atoms with van der Waals surface area (Å²) in [4.78, 5) is 25.7. The number of alkyl halides is 1. The molecule has 0 spiro atoms. The quantitative estimate of drug-likeness (QED) is 0.553. The molecule has 2 fully saturated rings. The molecule has 3 heterocycles. The Morgan fingerprint density at radius 1 is 1.35 bits per heavy atom. The molecule has 1 aromatic carbocycles. The number of rotatable bonds is 7. The summed E-state index contributed by atoms with van der Waals surface area (Å²) in [6.07, 6.45) is -2.62. The number of phosphoric acid groups is 1. The van der Waals surface area contributed by atoms with E-state index in [0.29, 0.717) is 11.4 Å². The molecule has 6 atom stereocenters. The van der Waals surface area contributed by atoms with Crippen molar-refractivity contribution >= 4 is 19.4 Å². The molecule has 2 unspecified atom stereocenters. The molecule has 1 N–H and O–H groups in total. The van der Waals surface area contributed by atoms with Gasteiger partial charge in [0.05, 0.1) is 19.3 Å². The van der Waals surface area contributed by atoms with Crippen molar-refractivity contribution in [3.8, 4) is 0 Å². The number of ether oxygens (including phenoxy) is 2. The Morgan fingerprint density at radius 3 is 2.85 bits per heavy atom. The predicted octanol–water partition coefficient (Wildman–Crippen LogP) is 3.52. The number of aromatic nitrogens is 2. The highest BCUT2D eigenvalue weighted by Gasteiger charge is 2.57. The smallest absolute Gasteiger partial charge is 0.372 e. The van der Waals surface area contributed by atoms with Gasteiger partial charge < -0.3 is 9.47 Å². The van der Waals surface area contributed by atoms with Crippen molar-refractivity contribution < 1.29 is 32.0 Å². The monoisotopic (exact) mass is 518 g/mol. The number of H-pyrrole nitrogens is 1. The summed E-state index contributed by atoms with van der Waals surface area (Å²) in [6.45, 7) is 2.78. The Morgan fingerprint density at radius 2 is 2.15 bits per heavy atom. The highest BCUT2D eigenvalue weighted by atomic mass is 35.5. The van der Waals surface area contributed by atoms with Gasteiger partial charge in [-0.25, -0.2) is 13.8 Å². The van der Waals surface area contributed by atoms with Crippen molar-refractivity contribution in [2.75, 3.05) is 19.8 Å². The van der Waals surface area contributed by atoms with E-state index in [0.717, 1.165) is 22.4 Å². The molecule has 2 aliphatic rings. The molecule has 2 saturated heterocycles. The number of phosphoric ester groups is 1. The maximum absolute atomic E-state index is 15.8. The summed E-state index contributed by atoms with van der Waals surface area (Å²) in [5.74, 6) is 0. The van der Waals surface area contributed by atoms with Crippen LogP contribution in [-0.4, -0.2) is 47.2 Å². The van der Waals surface area contributed by atoms with Crippen molar-refractivity contribution in [3.63, 3.8) is 0 Å². The molecule has 13 heteroatoms. The standard InChI is InChI=1S/C21H25ClFN2O8P/c1-3-29-18-16(32-19(21(18,2)23)25-9-7-17(26)24-20(25)27)12-31-34(28)30-10-8-15(33-34)13-5-4-6-14(22)11-13/h4-7,9,11,15-16,18-19H,3,8,10,12H2,1-2H3,(H,24,26,27)/t15?,16-,18-,19-,21-,34?/m1/s1. The minimum absolute atomic E-state index is 0.116. The van der Waals surface area contributed by atoms with Crippen LogP contribution in [0.25, 0.3) is 0 Å². The second-order valence-corrected chi connectivity index (χ2v) is 10.1. The van der Waals surface area contributed by atoms with E-state index in [1.54, 1.807) is 31.2 Å². The Hall–Kier alpha value is -1.85. The third-order valence-corrected chi connectivity index (χ3v) is 7.35.